The Kier molecular flexibility index (Phi) is 4.71. The van der Waals surface area contributed by atoms with Crippen LogP contribution in [0.15, 0.2) is 47.3 Å². The van der Waals surface area contributed by atoms with Crippen LogP contribution in [0.25, 0.3) is 0 Å². The minimum Gasteiger partial charge on any atom is -0.472 e. The largest absolute Gasteiger partial charge is 0.472 e. The molecule has 0 saturated carbocycles. The van der Waals surface area contributed by atoms with Gasteiger partial charge in [0.2, 0.25) is 5.91 Å². The van der Waals surface area contributed by atoms with Crippen LogP contribution in [-0.2, 0) is 4.79 Å². The van der Waals surface area contributed by atoms with Gasteiger partial charge in [-0.3, -0.25) is 9.59 Å². The maximum absolute atomic E-state index is 12.8. The second kappa shape index (κ2) is 6.69. The number of amides is 2. The highest BCUT2D eigenvalue weighted by molar-refractivity contribution is 5.96. The average Bonchev–Trinajstić information content (AvgIpc) is 2.99. The molecule has 110 valence electrons. The lowest BCUT2D eigenvalue weighted by Crippen LogP contribution is -2.37. The first-order chi connectivity index (χ1) is 10.1. The molecule has 0 bridgehead atoms. The number of furan rings is 1. The Morgan fingerprint density at radius 3 is 2.57 bits per heavy atom. The second-order valence-corrected chi connectivity index (χ2v) is 4.54. The molecule has 5 nitrogen and oxygen atoms in total. The van der Waals surface area contributed by atoms with Gasteiger partial charge in [-0.1, -0.05) is 12.1 Å². The summed E-state index contributed by atoms with van der Waals surface area (Å²) in [6, 6.07) is 7.10. The topological polar surface area (TPSA) is 71.3 Å². The number of benzene rings is 1. The number of halogens is 1. The van der Waals surface area contributed by atoms with Gasteiger partial charge in [0, 0.05) is 0 Å². The predicted octanol–water partition coefficient (Wildman–Crippen LogP) is 2.03. The molecule has 2 rings (SSSR count). The van der Waals surface area contributed by atoms with Gasteiger partial charge < -0.3 is 15.1 Å². The smallest absolute Gasteiger partial charge is 0.254 e. The van der Waals surface area contributed by atoms with E-state index < -0.39 is 0 Å². The van der Waals surface area contributed by atoms with Crippen molar-refractivity contribution in [1.82, 2.24) is 10.6 Å². The van der Waals surface area contributed by atoms with Gasteiger partial charge in [0.1, 0.15) is 12.1 Å². The van der Waals surface area contributed by atoms with Crippen molar-refractivity contribution in [2.45, 2.75) is 13.0 Å². The Bertz CT molecular complexity index is 608. The Morgan fingerprint density at radius 2 is 1.95 bits per heavy atom. The summed E-state index contributed by atoms with van der Waals surface area (Å²) in [5.41, 5.74) is 1.14. The zero-order chi connectivity index (χ0) is 15.2. The van der Waals surface area contributed by atoms with Crippen molar-refractivity contribution >= 4 is 11.8 Å². The summed E-state index contributed by atoms with van der Waals surface area (Å²) in [7, 11) is 0. The van der Waals surface area contributed by atoms with Crippen LogP contribution in [0.2, 0.25) is 0 Å². The van der Waals surface area contributed by atoms with Gasteiger partial charge in [-0.05, 0) is 30.7 Å². The fourth-order valence-electron chi connectivity index (χ4n) is 1.78. The maximum Gasteiger partial charge on any atom is 0.254 e. The molecule has 2 amide bonds. The zero-order valence-electron chi connectivity index (χ0n) is 11.4. The van der Waals surface area contributed by atoms with Crippen molar-refractivity contribution in [2.75, 3.05) is 6.54 Å². The van der Waals surface area contributed by atoms with Gasteiger partial charge in [-0.2, -0.15) is 0 Å². The van der Waals surface area contributed by atoms with Crippen molar-refractivity contribution in [1.29, 1.82) is 0 Å². The maximum atomic E-state index is 12.8. The molecule has 0 spiro atoms. The van der Waals surface area contributed by atoms with Crippen LogP contribution < -0.4 is 10.6 Å². The summed E-state index contributed by atoms with van der Waals surface area (Å²) in [4.78, 5) is 23.4. The third kappa shape index (κ3) is 4.17. The number of hydrogen-bond donors (Lipinski definition) is 2. The summed E-state index contributed by atoms with van der Waals surface area (Å²) in [5.74, 6) is -1.04. The van der Waals surface area contributed by atoms with Crippen LogP contribution in [0.4, 0.5) is 4.39 Å². The molecule has 1 aromatic heterocycles. The number of nitrogens with one attached hydrogen (secondary N) is 2. The predicted molar refractivity (Wildman–Crippen MR) is 74.0 cm³/mol. The number of carbonyl (C=O) groups is 2. The van der Waals surface area contributed by atoms with Gasteiger partial charge in [-0.15, -0.1) is 0 Å². The van der Waals surface area contributed by atoms with E-state index in [4.69, 9.17) is 4.42 Å². The first-order valence-corrected chi connectivity index (χ1v) is 6.41. The number of hydrogen-bond acceptors (Lipinski definition) is 3. The lowest BCUT2D eigenvalue weighted by Gasteiger charge is -2.14. The summed E-state index contributed by atoms with van der Waals surface area (Å²) < 4.78 is 17.6. The van der Waals surface area contributed by atoms with Crippen molar-refractivity contribution in [3.05, 3.63) is 59.8 Å². The van der Waals surface area contributed by atoms with Crippen LogP contribution in [0.5, 0.6) is 0 Å². The van der Waals surface area contributed by atoms with E-state index in [9.17, 15) is 14.0 Å². The SMILES string of the molecule is C[C@H](NC(=O)CNC(=O)c1ccoc1)c1ccc(F)cc1. The van der Waals surface area contributed by atoms with Crippen molar-refractivity contribution in [3.8, 4) is 0 Å². The molecular weight excluding hydrogens is 275 g/mol. The van der Waals surface area contributed by atoms with E-state index in [0.29, 0.717) is 5.56 Å². The van der Waals surface area contributed by atoms with E-state index in [1.54, 1.807) is 19.1 Å². The molecule has 21 heavy (non-hydrogen) atoms. The molecule has 0 aliphatic heterocycles. The molecule has 2 aromatic rings. The van der Waals surface area contributed by atoms with E-state index in [2.05, 4.69) is 10.6 Å². The Hall–Kier alpha value is -2.63. The molecule has 0 fully saturated rings. The lowest BCUT2D eigenvalue weighted by molar-refractivity contribution is -0.120. The molecule has 0 saturated heterocycles. The van der Waals surface area contributed by atoms with E-state index in [1.807, 2.05) is 0 Å². The van der Waals surface area contributed by atoms with Crippen molar-refractivity contribution < 1.29 is 18.4 Å². The van der Waals surface area contributed by atoms with Crippen molar-refractivity contribution in [3.63, 3.8) is 0 Å². The minimum atomic E-state index is -0.381. The summed E-state index contributed by atoms with van der Waals surface area (Å²) in [6.07, 6.45) is 2.68. The molecule has 0 aliphatic carbocycles. The lowest BCUT2D eigenvalue weighted by atomic mass is 10.1. The zero-order valence-corrected chi connectivity index (χ0v) is 11.4. The number of rotatable bonds is 5. The molecule has 1 aromatic carbocycles. The first-order valence-electron chi connectivity index (χ1n) is 6.41. The highest BCUT2D eigenvalue weighted by Crippen LogP contribution is 2.12. The minimum absolute atomic E-state index is 0.143. The summed E-state index contributed by atoms with van der Waals surface area (Å²) >= 11 is 0. The highest BCUT2D eigenvalue weighted by atomic mass is 19.1. The first kappa shape index (κ1) is 14.8. The van der Waals surface area contributed by atoms with Crippen LogP contribution in [0, 0.1) is 5.82 Å². The quantitative estimate of drug-likeness (QED) is 0.885. The number of carbonyl (C=O) groups excluding carboxylic acids is 2. The molecule has 1 atom stereocenters. The normalized spacial score (nSPS) is 11.7. The molecular formula is C15H15FN2O3. The van der Waals surface area contributed by atoms with Crippen LogP contribution in [-0.4, -0.2) is 18.4 Å². The standard InChI is InChI=1S/C15H15FN2O3/c1-10(11-2-4-13(16)5-3-11)18-14(19)8-17-15(20)12-6-7-21-9-12/h2-7,9-10H,8H2,1H3,(H,17,20)(H,18,19)/t10-/m0/s1. The molecule has 0 unspecified atom stereocenters. The van der Waals surface area contributed by atoms with E-state index >= 15 is 0 Å². The van der Waals surface area contributed by atoms with Crippen molar-refractivity contribution in [2.24, 2.45) is 0 Å². The second-order valence-electron chi connectivity index (χ2n) is 4.54. The van der Waals surface area contributed by atoms with Gasteiger partial charge in [0.25, 0.3) is 5.91 Å². The van der Waals surface area contributed by atoms with Gasteiger partial charge in [-0.25, -0.2) is 4.39 Å². The monoisotopic (exact) mass is 290 g/mol. The third-order valence-electron chi connectivity index (χ3n) is 2.94. The van der Waals surface area contributed by atoms with Gasteiger partial charge in [0.05, 0.1) is 24.4 Å². The van der Waals surface area contributed by atoms with Crippen LogP contribution >= 0.6 is 0 Å². The summed E-state index contributed by atoms with van der Waals surface area (Å²) in [5, 5.41) is 5.20. The Balaban J connectivity index is 1.81. The van der Waals surface area contributed by atoms with E-state index in [-0.39, 0.29) is 30.2 Å². The molecule has 1 heterocycles. The van der Waals surface area contributed by atoms with Gasteiger partial charge in [0.15, 0.2) is 0 Å². The third-order valence-corrected chi connectivity index (χ3v) is 2.94. The molecule has 0 radical (unpaired) electrons. The summed E-state index contributed by atoms with van der Waals surface area (Å²) in [6.45, 7) is 1.64. The van der Waals surface area contributed by atoms with E-state index in [1.165, 1.54) is 30.7 Å². The fourth-order valence-corrected chi connectivity index (χ4v) is 1.78. The Morgan fingerprint density at radius 1 is 1.24 bits per heavy atom. The average molecular weight is 290 g/mol. The molecule has 2 N–H and O–H groups in total. The van der Waals surface area contributed by atoms with Gasteiger partial charge >= 0.3 is 0 Å². The molecule has 0 aliphatic rings. The highest BCUT2D eigenvalue weighted by Gasteiger charge is 2.12. The van der Waals surface area contributed by atoms with Crippen LogP contribution in [0.3, 0.4) is 0 Å². The molecule has 6 heteroatoms. The fraction of sp³-hybridized carbons (Fsp3) is 0.200. The Labute approximate surface area is 121 Å². The van der Waals surface area contributed by atoms with E-state index in [0.717, 1.165) is 5.56 Å². The van der Waals surface area contributed by atoms with Crippen LogP contribution in [0.1, 0.15) is 28.9 Å².